The van der Waals surface area contributed by atoms with Gasteiger partial charge in [0, 0.05) is 26.2 Å². The summed E-state index contributed by atoms with van der Waals surface area (Å²) in [6.07, 6.45) is -0.115. The lowest BCUT2D eigenvalue weighted by atomic mass is 10.1. The van der Waals surface area contributed by atoms with Crippen molar-refractivity contribution in [3.8, 4) is 11.5 Å². The van der Waals surface area contributed by atoms with E-state index in [1.165, 1.54) is 19.2 Å². The minimum Gasteiger partial charge on any atom is -0.495 e. The highest BCUT2D eigenvalue weighted by atomic mass is 19.1. The molecule has 1 fully saturated rings. The Balaban J connectivity index is 1.45. The first-order valence-electron chi connectivity index (χ1n) is 9.65. The van der Waals surface area contributed by atoms with Crippen LogP contribution in [0.5, 0.6) is 11.5 Å². The van der Waals surface area contributed by atoms with Gasteiger partial charge in [0.05, 0.1) is 26.3 Å². The highest BCUT2D eigenvalue weighted by molar-refractivity contribution is 5.81. The highest BCUT2D eigenvalue weighted by Crippen LogP contribution is 2.28. The molecule has 2 aromatic rings. The largest absolute Gasteiger partial charge is 0.495 e. The summed E-state index contributed by atoms with van der Waals surface area (Å²) in [4.78, 5) is 28.2. The number of hydrogen-bond donors (Lipinski definition) is 0. The molecule has 1 saturated heterocycles. The van der Waals surface area contributed by atoms with Gasteiger partial charge in [-0.25, -0.2) is 4.39 Å². The lowest BCUT2D eigenvalue weighted by Gasteiger charge is -2.36. The predicted octanol–water partition coefficient (Wildman–Crippen LogP) is 2.28. The molecule has 1 aliphatic heterocycles. The maximum absolute atomic E-state index is 13.7. The molecule has 0 bridgehead atoms. The molecule has 0 aromatic heterocycles. The maximum Gasteiger partial charge on any atom is 0.310 e. The van der Waals surface area contributed by atoms with E-state index < -0.39 is 11.8 Å². The van der Waals surface area contributed by atoms with E-state index in [0.717, 1.165) is 11.4 Å². The molecule has 0 radical (unpaired) electrons. The summed E-state index contributed by atoms with van der Waals surface area (Å²) in [6.45, 7) is 2.04. The molecule has 0 unspecified atom stereocenters. The van der Waals surface area contributed by atoms with Crippen molar-refractivity contribution >= 4 is 17.6 Å². The number of anilines is 1. The Morgan fingerprint density at radius 3 is 2.33 bits per heavy atom. The standard InChI is InChI=1S/C22H25FN2O5/c1-28-19-8-7-16(13-17(19)23)14-22(27)30-15-21(26)25-11-9-24(10-12-25)18-5-3-4-6-20(18)29-2/h3-8,13H,9-12,14-15H2,1-2H3. The van der Waals surface area contributed by atoms with Crippen molar-refractivity contribution in [2.24, 2.45) is 0 Å². The minimum absolute atomic E-state index is 0.106. The number of amides is 1. The molecule has 8 heteroatoms. The summed E-state index contributed by atoms with van der Waals surface area (Å²) in [7, 11) is 3.00. The molecule has 2 aromatic carbocycles. The summed E-state index contributed by atoms with van der Waals surface area (Å²) < 4.78 is 29.0. The van der Waals surface area contributed by atoms with Gasteiger partial charge >= 0.3 is 5.97 Å². The monoisotopic (exact) mass is 416 g/mol. The molecular formula is C22H25FN2O5. The van der Waals surface area contributed by atoms with Crippen LogP contribution in [0.1, 0.15) is 5.56 Å². The molecule has 160 valence electrons. The maximum atomic E-state index is 13.7. The number of ether oxygens (including phenoxy) is 3. The molecule has 1 aliphatic rings. The van der Waals surface area contributed by atoms with Gasteiger partial charge in [0.25, 0.3) is 5.91 Å². The Bertz CT molecular complexity index is 897. The Morgan fingerprint density at radius 1 is 0.967 bits per heavy atom. The van der Waals surface area contributed by atoms with E-state index in [2.05, 4.69) is 4.90 Å². The number of esters is 1. The van der Waals surface area contributed by atoms with Gasteiger partial charge in [-0.15, -0.1) is 0 Å². The van der Waals surface area contributed by atoms with Gasteiger partial charge in [-0.1, -0.05) is 18.2 Å². The van der Waals surface area contributed by atoms with Crippen LogP contribution in [0, 0.1) is 5.82 Å². The normalized spacial score (nSPS) is 13.7. The minimum atomic E-state index is -0.583. The molecular weight excluding hydrogens is 391 g/mol. The van der Waals surface area contributed by atoms with Crippen LogP contribution in [0.25, 0.3) is 0 Å². The number of benzene rings is 2. The number of methoxy groups -OCH3 is 2. The van der Waals surface area contributed by atoms with Gasteiger partial charge in [-0.2, -0.15) is 0 Å². The van der Waals surface area contributed by atoms with Crippen LogP contribution in [0.2, 0.25) is 0 Å². The second kappa shape index (κ2) is 9.96. The second-order valence-corrected chi connectivity index (χ2v) is 6.85. The number of piperazine rings is 1. The first kappa shape index (κ1) is 21.4. The zero-order valence-electron chi connectivity index (χ0n) is 17.1. The Hall–Kier alpha value is -3.29. The topological polar surface area (TPSA) is 68.3 Å². The van der Waals surface area contributed by atoms with Crippen molar-refractivity contribution in [3.63, 3.8) is 0 Å². The van der Waals surface area contributed by atoms with E-state index in [1.54, 1.807) is 18.1 Å². The summed E-state index contributed by atoms with van der Waals surface area (Å²) in [5.41, 5.74) is 1.45. The fourth-order valence-corrected chi connectivity index (χ4v) is 3.36. The van der Waals surface area contributed by atoms with Crippen LogP contribution >= 0.6 is 0 Å². The second-order valence-electron chi connectivity index (χ2n) is 6.85. The van der Waals surface area contributed by atoms with Crippen LogP contribution in [-0.2, 0) is 20.7 Å². The number of carbonyl (C=O) groups is 2. The number of rotatable bonds is 7. The van der Waals surface area contributed by atoms with Crippen molar-refractivity contribution in [3.05, 3.63) is 53.8 Å². The number of nitrogens with zero attached hydrogens (tertiary/aromatic N) is 2. The molecule has 7 nitrogen and oxygen atoms in total. The van der Waals surface area contributed by atoms with E-state index in [9.17, 15) is 14.0 Å². The number of para-hydroxylation sites is 2. The predicted molar refractivity (Wildman–Crippen MR) is 109 cm³/mol. The Morgan fingerprint density at radius 2 is 1.67 bits per heavy atom. The average Bonchev–Trinajstić information content (AvgIpc) is 2.77. The van der Waals surface area contributed by atoms with E-state index in [4.69, 9.17) is 14.2 Å². The smallest absolute Gasteiger partial charge is 0.310 e. The summed E-state index contributed by atoms with van der Waals surface area (Å²) in [6, 6.07) is 12.0. The van der Waals surface area contributed by atoms with Gasteiger partial charge in [0.1, 0.15) is 5.75 Å². The third-order valence-electron chi connectivity index (χ3n) is 4.98. The molecule has 0 atom stereocenters. The molecule has 30 heavy (non-hydrogen) atoms. The quantitative estimate of drug-likeness (QED) is 0.645. The third kappa shape index (κ3) is 5.20. The van der Waals surface area contributed by atoms with Crippen molar-refractivity contribution in [1.82, 2.24) is 4.90 Å². The number of halogens is 1. The van der Waals surface area contributed by atoms with Crippen molar-refractivity contribution in [2.45, 2.75) is 6.42 Å². The first-order valence-corrected chi connectivity index (χ1v) is 9.65. The lowest BCUT2D eigenvalue weighted by molar-refractivity contribution is -0.151. The third-order valence-corrected chi connectivity index (χ3v) is 4.98. The Kier molecular flexibility index (Phi) is 7.11. The van der Waals surface area contributed by atoms with Gasteiger partial charge in [0.15, 0.2) is 18.2 Å². The molecule has 1 heterocycles. The van der Waals surface area contributed by atoms with E-state index in [1.807, 2.05) is 24.3 Å². The van der Waals surface area contributed by atoms with E-state index >= 15 is 0 Å². The Labute approximate surface area is 174 Å². The first-order chi connectivity index (χ1) is 14.5. The number of hydrogen-bond acceptors (Lipinski definition) is 6. The van der Waals surface area contributed by atoms with Crippen LogP contribution in [0.4, 0.5) is 10.1 Å². The SMILES string of the molecule is COc1ccc(CC(=O)OCC(=O)N2CCN(c3ccccc3OC)CC2)cc1F. The van der Waals surface area contributed by atoms with Crippen LogP contribution in [0.3, 0.4) is 0 Å². The molecule has 0 spiro atoms. The van der Waals surface area contributed by atoms with Gasteiger partial charge in [-0.05, 0) is 29.8 Å². The molecule has 0 saturated carbocycles. The zero-order chi connectivity index (χ0) is 21.5. The fourth-order valence-electron chi connectivity index (χ4n) is 3.36. The molecule has 0 N–H and O–H groups in total. The van der Waals surface area contributed by atoms with Gasteiger partial charge in [0.2, 0.25) is 0 Å². The van der Waals surface area contributed by atoms with E-state index in [0.29, 0.717) is 31.7 Å². The average molecular weight is 416 g/mol. The molecule has 0 aliphatic carbocycles. The van der Waals surface area contributed by atoms with Crippen molar-refractivity contribution in [2.75, 3.05) is 51.9 Å². The molecule has 1 amide bonds. The van der Waals surface area contributed by atoms with Crippen LogP contribution < -0.4 is 14.4 Å². The highest BCUT2D eigenvalue weighted by Gasteiger charge is 2.23. The number of carbonyl (C=O) groups excluding carboxylic acids is 2. The summed E-state index contributed by atoms with van der Waals surface area (Å²) >= 11 is 0. The fraction of sp³-hybridized carbons (Fsp3) is 0.364. The summed E-state index contributed by atoms with van der Waals surface area (Å²) in [5.74, 6) is -0.480. The zero-order valence-corrected chi connectivity index (χ0v) is 17.1. The lowest BCUT2D eigenvalue weighted by Crippen LogP contribution is -2.50. The van der Waals surface area contributed by atoms with Crippen LogP contribution in [0.15, 0.2) is 42.5 Å². The van der Waals surface area contributed by atoms with Crippen molar-refractivity contribution in [1.29, 1.82) is 0 Å². The van der Waals surface area contributed by atoms with Gasteiger partial charge in [-0.3, -0.25) is 9.59 Å². The molecule has 3 rings (SSSR count). The van der Waals surface area contributed by atoms with E-state index in [-0.39, 0.29) is 24.7 Å². The van der Waals surface area contributed by atoms with Gasteiger partial charge < -0.3 is 24.0 Å². The van der Waals surface area contributed by atoms with Crippen LogP contribution in [-0.4, -0.2) is 63.8 Å². The van der Waals surface area contributed by atoms with Crippen molar-refractivity contribution < 1.29 is 28.2 Å². The summed E-state index contributed by atoms with van der Waals surface area (Å²) in [5, 5.41) is 0.